The molecule has 1 N–H and O–H groups in total. The zero-order valence-corrected chi connectivity index (χ0v) is 20.0. The van der Waals surface area contributed by atoms with Crippen molar-refractivity contribution in [2.45, 2.75) is 38.3 Å². The Morgan fingerprint density at radius 2 is 2.09 bits per heavy atom. The summed E-state index contributed by atoms with van der Waals surface area (Å²) >= 11 is 0. The van der Waals surface area contributed by atoms with E-state index < -0.39 is 5.41 Å². The Balaban J connectivity index is 1.36. The molecule has 1 saturated heterocycles. The number of likely N-dealkylation sites (tertiary alicyclic amines) is 1. The molecule has 180 valence electrons. The summed E-state index contributed by atoms with van der Waals surface area (Å²) in [4.78, 5) is 30.4. The zero-order chi connectivity index (χ0) is 24.8. The SMILES string of the molecule is COC(=O)N1CCC(C#Cc2ccnc(CNC(=O)c3ccc4c(c3)[C@](C)(C#N)COC4)c2)CC1. The molecule has 0 aliphatic carbocycles. The van der Waals surface area contributed by atoms with Gasteiger partial charge in [0.1, 0.15) is 5.41 Å². The third-order valence-corrected chi connectivity index (χ3v) is 6.46. The number of amides is 2. The average molecular weight is 473 g/mol. The maximum Gasteiger partial charge on any atom is 0.409 e. The van der Waals surface area contributed by atoms with Gasteiger partial charge < -0.3 is 19.7 Å². The van der Waals surface area contributed by atoms with Crippen molar-refractivity contribution < 1.29 is 19.1 Å². The van der Waals surface area contributed by atoms with Gasteiger partial charge in [-0.3, -0.25) is 9.78 Å². The van der Waals surface area contributed by atoms with Crippen molar-refractivity contribution >= 4 is 12.0 Å². The molecule has 3 heterocycles. The normalized spacial score (nSPS) is 19.5. The number of aromatic nitrogens is 1. The molecule has 2 aromatic rings. The molecule has 1 aromatic heterocycles. The number of hydrogen-bond acceptors (Lipinski definition) is 6. The fourth-order valence-electron chi connectivity index (χ4n) is 4.34. The van der Waals surface area contributed by atoms with Gasteiger partial charge in [-0.15, -0.1) is 0 Å². The maximum absolute atomic E-state index is 12.8. The Morgan fingerprint density at radius 3 is 2.83 bits per heavy atom. The number of nitriles is 1. The van der Waals surface area contributed by atoms with E-state index in [-0.39, 0.29) is 24.5 Å². The monoisotopic (exact) mass is 472 g/mol. The van der Waals surface area contributed by atoms with Crippen molar-refractivity contribution in [3.63, 3.8) is 0 Å². The van der Waals surface area contributed by atoms with Crippen LogP contribution >= 0.6 is 0 Å². The molecule has 1 aromatic carbocycles. The number of pyridine rings is 1. The highest BCUT2D eigenvalue weighted by Crippen LogP contribution is 2.32. The molecule has 0 saturated carbocycles. The molecule has 2 aliphatic rings. The zero-order valence-electron chi connectivity index (χ0n) is 20.0. The Bertz CT molecular complexity index is 1220. The van der Waals surface area contributed by atoms with Gasteiger partial charge in [-0.2, -0.15) is 5.26 Å². The largest absolute Gasteiger partial charge is 0.453 e. The van der Waals surface area contributed by atoms with E-state index in [1.54, 1.807) is 23.2 Å². The molecule has 0 bridgehead atoms. The molecule has 8 heteroatoms. The van der Waals surface area contributed by atoms with Crippen LogP contribution in [-0.2, 0) is 28.0 Å². The van der Waals surface area contributed by atoms with Crippen LogP contribution in [0, 0.1) is 29.1 Å². The first kappa shape index (κ1) is 24.3. The van der Waals surface area contributed by atoms with E-state index in [9.17, 15) is 14.9 Å². The molecule has 1 atom stereocenters. The number of fused-ring (bicyclic) bond motifs is 1. The molecule has 1 fully saturated rings. The van der Waals surface area contributed by atoms with E-state index >= 15 is 0 Å². The highest BCUT2D eigenvalue weighted by molar-refractivity contribution is 5.94. The predicted molar refractivity (Wildman–Crippen MR) is 128 cm³/mol. The first-order valence-corrected chi connectivity index (χ1v) is 11.6. The summed E-state index contributed by atoms with van der Waals surface area (Å²) in [6.07, 6.45) is 3.02. The second-order valence-corrected chi connectivity index (χ2v) is 9.03. The summed E-state index contributed by atoms with van der Waals surface area (Å²) in [6.45, 7) is 4.12. The van der Waals surface area contributed by atoms with Crippen LogP contribution in [0.25, 0.3) is 0 Å². The molecule has 0 unspecified atom stereocenters. The van der Waals surface area contributed by atoms with Crippen molar-refractivity contribution in [3.8, 4) is 17.9 Å². The van der Waals surface area contributed by atoms with E-state index in [0.29, 0.717) is 37.6 Å². The number of methoxy groups -OCH3 is 1. The van der Waals surface area contributed by atoms with Crippen molar-refractivity contribution in [2.75, 3.05) is 26.8 Å². The van der Waals surface area contributed by atoms with E-state index in [2.05, 4.69) is 28.2 Å². The third kappa shape index (κ3) is 5.62. The Morgan fingerprint density at radius 1 is 1.29 bits per heavy atom. The number of carbonyl (C=O) groups is 2. The van der Waals surface area contributed by atoms with Crippen LogP contribution < -0.4 is 5.32 Å². The molecular formula is C27H28N4O4. The van der Waals surface area contributed by atoms with Gasteiger partial charge in [-0.05, 0) is 55.2 Å². The molecule has 2 amide bonds. The second-order valence-electron chi connectivity index (χ2n) is 9.03. The van der Waals surface area contributed by atoms with Gasteiger partial charge in [0.15, 0.2) is 0 Å². The number of benzene rings is 1. The van der Waals surface area contributed by atoms with Gasteiger partial charge >= 0.3 is 6.09 Å². The maximum atomic E-state index is 12.8. The molecule has 35 heavy (non-hydrogen) atoms. The number of piperidine rings is 1. The number of rotatable bonds is 3. The smallest absolute Gasteiger partial charge is 0.409 e. The molecule has 0 spiro atoms. The van der Waals surface area contributed by atoms with E-state index in [1.165, 1.54) is 7.11 Å². The second kappa shape index (κ2) is 10.6. The van der Waals surface area contributed by atoms with Gasteiger partial charge in [0, 0.05) is 36.3 Å². The van der Waals surface area contributed by atoms with Crippen LogP contribution in [0.3, 0.4) is 0 Å². The van der Waals surface area contributed by atoms with Crippen LogP contribution in [0.2, 0.25) is 0 Å². The highest BCUT2D eigenvalue weighted by Gasteiger charge is 2.33. The fraction of sp³-hybridized carbons (Fsp3) is 0.407. The average Bonchev–Trinajstić information content (AvgIpc) is 2.90. The van der Waals surface area contributed by atoms with Crippen LogP contribution in [0.4, 0.5) is 4.79 Å². The van der Waals surface area contributed by atoms with Gasteiger partial charge in [-0.25, -0.2) is 4.79 Å². The summed E-state index contributed by atoms with van der Waals surface area (Å²) in [6, 6.07) is 11.4. The minimum absolute atomic E-state index is 0.223. The third-order valence-electron chi connectivity index (χ3n) is 6.46. The van der Waals surface area contributed by atoms with Crippen molar-refractivity contribution in [3.05, 3.63) is 64.5 Å². The van der Waals surface area contributed by atoms with Crippen LogP contribution in [-0.4, -0.2) is 48.7 Å². The summed E-state index contributed by atoms with van der Waals surface area (Å²) in [5, 5.41) is 12.5. The van der Waals surface area contributed by atoms with Gasteiger partial charge in [0.2, 0.25) is 0 Å². The lowest BCUT2D eigenvalue weighted by Crippen LogP contribution is -2.38. The predicted octanol–water partition coefficient (Wildman–Crippen LogP) is 3.15. The highest BCUT2D eigenvalue weighted by atomic mass is 16.5. The van der Waals surface area contributed by atoms with Gasteiger partial charge in [0.05, 0.1) is 38.6 Å². The van der Waals surface area contributed by atoms with Crippen molar-refractivity contribution in [1.29, 1.82) is 5.26 Å². The van der Waals surface area contributed by atoms with Crippen molar-refractivity contribution in [1.82, 2.24) is 15.2 Å². The fourth-order valence-corrected chi connectivity index (χ4v) is 4.34. The first-order chi connectivity index (χ1) is 16.9. The Hall–Kier alpha value is -3.88. The summed E-state index contributed by atoms with van der Waals surface area (Å²) < 4.78 is 10.3. The lowest BCUT2D eigenvalue weighted by Gasteiger charge is -2.30. The number of hydrogen-bond donors (Lipinski definition) is 1. The number of carbonyl (C=O) groups excluding carboxylic acids is 2. The minimum atomic E-state index is -0.769. The quantitative estimate of drug-likeness (QED) is 0.688. The van der Waals surface area contributed by atoms with Gasteiger partial charge in [-0.1, -0.05) is 17.9 Å². The topological polar surface area (TPSA) is 105 Å². The summed E-state index contributed by atoms with van der Waals surface area (Å²) in [5.41, 5.74) is 3.04. The Kier molecular flexibility index (Phi) is 7.33. The summed E-state index contributed by atoms with van der Waals surface area (Å²) in [5.74, 6) is 6.49. The number of nitrogens with zero attached hydrogens (tertiary/aromatic N) is 3. The van der Waals surface area contributed by atoms with Crippen LogP contribution in [0.15, 0.2) is 36.5 Å². The van der Waals surface area contributed by atoms with Crippen LogP contribution in [0.1, 0.15) is 52.5 Å². The van der Waals surface area contributed by atoms with Crippen LogP contribution in [0.5, 0.6) is 0 Å². The van der Waals surface area contributed by atoms with E-state index in [1.807, 2.05) is 25.1 Å². The standard InChI is InChI=1S/C27H28N4O4/c1-27(17-28)18-35-16-22-6-5-21(14-24(22)27)25(32)30-15-23-13-20(7-10-29-23)4-3-19-8-11-31(12-9-19)26(33)34-2/h5-7,10,13-14,19H,8-9,11-12,15-16,18H2,1-2H3,(H,30,32)/t27-/m1/s1. The summed E-state index contributed by atoms with van der Waals surface area (Å²) in [7, 11) is 1.39. The Labute approximate surface area is 205 Å². The molecular weight excluding hydrogens is 444 g/mol. The van der Waals surface area contributed by atoms with E-state index in [4.69, 9.17) is 9.47 Å². The lowest BCUT2D eigenvalue weighted by molar-refractivity contribution is 0.0757. The molecule has 8 nitrogen and oxygen atoms in total. The number of ether oxygens (including phenoxy) is 2. The first-order valence-electron chi connectivity index (χ1n) is 11.6. The lowest BCUT2D eigenvalue weighted by atomic mass is 9.79. The van der Waals surface area contributed by atoms with Crippen molar-refractivity contribution in [2.24, 2.45) is 5.92 Å². The van der Waals surface area contributed by atoms with Gasteiger partial charge in [0.25, 0.3) is 5.91 Å². The molecule has 2 aliphatic heterocycles. The number of nitrogens with one attached hydrogen (secondary N) is 1. The van der Waals surface area contributed by atoms with E-state index in [0.717, 1.165) is 29.5 Å². The molecule has 4 rings (SSSR count). The minimum Gasteiger partial charge on any atom is -0.453 e. The molecule has 0 radical (unpaired) electrons.